The van der Waals surface area contributed by atoms with E-state index in [1.54, 1.807) is 48.5 Å². The minimum atomic E-state index is -1.13. The number of rotatable bonds is 9. The quantitative estimate of drug-likeness (QED) is 0.340. The number of benzene rings is 2. The number of amides is 3. The molecule has 9 heteroatoms. The fraction of sp³-hybridized carbons (Fsp3) is 0.543. The molecule has 3 amide bonds. The fourth-order valence-electron chi connectivity index (χ4n) is 4.90. The van der Waals surface area contributed by atoms with Gasteiger partial charge in [0, 0.05) is 12.0 Å². The van der Waals surface area contributed by atoms with Gasteiger partial charge in [-0.1, -0.05) is 48.5 Å². The van der Waals surface area contributed by atoms with Gasteiger partial charge in [0.25, 0.3) is 0 Å². The van der Waals surface area contributed by atoms with E-state index in [-0.39, 0.29) is 6.42 Å². The normalized spacial score (nSPS) is 14.1. The van der Waals surface area contributed by atoms with E-state index < -0.39 is 58.7 Å². The van der Waals surface area contributed by atoms with Gasteiger partial charge < -0.3 is 25.0 Å². The molecule has 0 aliphatic heterocycles. The average molecular weight is 610 g/mol. The van der Waals surface area contributed by atoms with E-state index in [1.165, 1.54) is 4.90 Å². The highest BCUT2D eigenvalue weighted by atomic mass is 16.6. The molecule has 2 N–H and O–H groups in total. The number of hydrogen-bond acceptors (Lipinski definition) is 6. The molecule has 9 nitrogen and oxygen atoms in total. The highest BCUT2D eigenvalue weighted by molar-refractivity contribution is 5.94. The zero-order valence-electron chi connectivity index (χ0n) is 28.5. The molecule has 0 aromatic heterocycles. The highest BCUT2D eigenvalue weighted by Crippen LogP contribution is 2.34. The van der Waals surface area contributed by atoms with Gasteiger partial charge in [-0.25, -0.2) is 9.59 Å². The number of carbonyl (C=O) groups excluding carboxylic acids is 4. The van der Waals surface area contributed by atoms with E-state index >= 15 is 0 Å². The van der Waals surface area contributed by atoms with Crippen molar-refractivity contribution in [3.05, 3.63) is 70.8 Å². The van der Waals surface area contributed by atoms with Crippen LogP contribution in [0.2, 0.25) is 0 Å². The maximum absolute atomic E-state index is 14.5. The summed E-state index contributed by atoms with van der Waals surface area (Å²) in [5.41, 5.74) is 0.671. The first-order valence-corrected chi connectivity index (χ1v) is 15.1. The van der Waals surface area contributed by atoms with Crippen LogP contribution < -0.4 is 10.6 Å². The number of ether oxygens (including phenoxy) is 2. The van der Waals surface area contributed by atoms with Crippen LogP contribution in [0.15, 0.2) is 48.5 Å². The van der Waals surface area contributed by atoms with Gasteiger partial charge in [0.2, 0.25) is 11.8 Å². The number of nitrogens with zero attached hydrogens (tertiary/aromatic N) is 1. The van der Waals surface area contributed by atoms with Gasteiger partial charge in [0.15, 0.2) is 0 Å². The summed E-state index contributed by atoms with van der Waals surface area (Å²) in [4.78, 5) is 56.3. The number of nitrogens with one attached hydrogen (secondary N) is 2. The standard InChI is InChI=1S/C35H51N3O6/c1-22-17-16-18-23(2)27(22)28(38(33(4,5)6)30(40)24(3)36-32(42)44-35(10,11)12)29(39)37-26(31(41)43-34(7,8)9)21-25-19-14-13-15-20-25/h13-20,24,26,28H,21H2,1-12H3,(H,36,42)(H,37,39). The number of carbonyl (C=O) groups is 4. The summed E-state index contributed by atoms with van der Waals surface area (Å²) in [5.74, 6) is -1.60. The van der Waals surface area contributed by atoms with Crippen molar-refractivity contribution in [2.45, 2.75) is 124 Å². The molecule has 3 unspecified atom stereocenters. The third kappa shape index (κ3) is 10.7. The van der Waals surface area contributed by atoms with Crippen LogP contribution >= 0.6 is 0 Å². The Bertz CT molecular complexity index is 1300. The molecular formula is C35H51N3O6. The molecule has 0 saturated heterocycles. The first kappa shape index (κ1) is 36.3. The van der Waals surface area contributed by atoms with E-state index in [1.807, 2.05) is 83.1 Å². The minimum Gasteiger partial charge on any atom is -0.458 e. The number of hydrogen-bond donors (Lipinski definition) is 2. The molecule has 3 atom stereocenters. The molecule has 242 valence electrons. The predicted molar refractivity (Wildman–Crippen MR) is 172 cm³/mol. The monoisotopic (exact) mass is 609 g/mol. The van der Waals surface area contributed by atoms with Gasteiger partial charge in [-0.15, -0.1) is 0 Å². The van der Waals surface area contributed by atoms with Gasteiger partial charge in [-0.05, 0) is 105 Å². The van der Waals surface area contributed by atoms with Gasteiger partial charge in [-0.3, -0.25) is 9.59 Å². The van der Waals surface area contributed by atoms with Crippen LogP contribution in [0.3, 0.4) is 0 Å². The largest absolute Gasteiger partial charge is 0.458 e. The predicted octanol–water partition coefficient (Wildman–Crippen LogP) is 5.95. The summed E-state index contributed by atoms with van der Waals surface area (Å²) in [6, 6.07) is 11.8. The first-order valence-electron chi connectivity index (χ1n) is 15.1. The second kappa shape index (κ2) is 14.3. The van der Waals surface area contributed by atoms with Crippen LogP contribution in [-0.2, 0) is 30.3 Å². The first-order chi connectivity index (χ1) is 20.1. The molecule has 2 aromatic rings. The van der Waals surface area contributed by atoms with Crippen LogP contribution in [-0.4, -0.2) is 57.6 Å². The molecule has 0 bridgehead atoms. The van der Waals surface area contributed by atoms with Crippen molar-refractivity contribution in [2.24, 2.45) is 0 Å². The van der Waals surface area contributed by atoms with E-state index in [0.717, 1.165) is 16.7 Å². The summed E-state index contributed by atoms with van der Waals surface area (Å²) in [5, 5.41) is 5.56. The zero-order chi connectivity index (χ0) is 33.6. The molecule has 0 aliphatic rings. The number of alkyl carbamates (subject to hydrolysis) is 1. The van der Waals surface area contributed by atoms with Crippen LogP contribution in [0.25, 0.3) is 0 Å². The Kier molecular flexibility index (Phi) is 11.8. The summed E-state index contributed by atoms with van der Waals surface area (Å²) < 4.78 is 11.1. The van der Waals surface area contributed by atoms with Gasteiger partial charge in [-0.2, -0.15) is 0 Å². The molecule has 0 fully saturated rings. The third-order valence-electron chi connectivity index (χ3n) is 6.68. The molecule has 44 heavy (non-hydrogen) atoms. The molecule has 2 rings (SSSR count). The van der Waals surface area contributed by atoms with E-state index in [2.05, 4.69) is 10.6 Å². The van der Waals surface area contributed by atoms with Crippen molar-refractivity contribution in [3.63, 3.8) is 0 Å². The summed E-state index contributed by atoms with van der Waals surface area (Å²) >= 11 is 0. The highest BCUT2D eigenvalue weighted by Gasteiger charge is 2.43. The van der Waals surface area contributed by atoms with E-state index in [9.17, 15) is 19.2 Å². The molecule has 0 saturated carbocycles. The van der Waals surface area contributed by atoms with Gasteiger partial charge in [0.1, 0.15) is 29.3 Å². The Balaban J connectivity index is 2.63. The number of esters is 1. The Morgan fingerprint density at radius 1 is 0.750 bits per heavy atom. The summed E-state index contributed by atoms with van der Waals surface area (Å²) in [6.07, 6.45) is -0.547. The van der Waals surface area contributed by atoms with E-state index in [4.69, 9.17) is 9.47 Å². The smallest absolute Gasteiger partial charge is 0.408 e. The lowest BCUT2D eigenvalue weighted by Gasteiger charge is -2.43. The Morgan fingerprint density at radius 3 is 1.75 bits per heavy atom. The van der Waals surface area contributed by atoms with Crippen LogP contribution in [0.4, 0.5) is 4.79 Å². The Morgan fingerprint density at radius 2 is 1.27 bits per heavy atom. The number of aryl methyl sites for hydroxylation is 2. The topological polar surface area (TPSA) is 114 Å². The Labute approximate surface area is 263 Å². The lowest BCUT2D eigenvalue weighted by molar-refractivity contribution is -0.159. The van der Waals surface area contributed by atoms with Crippen LogP contribution in [0, 0.1) is 13.8 Å². The third-order valence-corrected chi connectivity index (χ3v) is 6.68. The summed E-state index contributed by atoms with van der Waals surface area (Å²) in [6.45, 7) is 21.3. The maximum Gasteiger partial charge on any atom is 0.408 e. The summed E-state index contributed by atoms with van der Waals surface area (Å²) in [7, 11) is 0. The van der Waals surface area contributed by atoms with Crippen LogP contribution in [0.5, 0.6) is 0 Å². The molecule has 0 heterocycles. The molecule has 0 radical (unpaired) electrons. The van der Waals surface area contributed by atoms with Crippen molar-refractivity contribution < 1.29 is 28.7 Å². The fourth-order valence-corrected chi connectivity index (χ4v) is 4.90. The SMILES string of the molecule is Cc1cccc(C)c1C(C(=O)NC(Cc1ccccc1)C(=O)OC(C)(C)C)N(C(=O)C(C)NC(=O)OC(C)(C)C)C(C)(C)C. The Hall–Kier alpha value is -3.88. The molecular weight excluding hydrogens is 558 g/mol. The lowest BCUT2D eigenvalue weighted by atomic mass is 9.90. The van der Waals surface area contributed by atoms with Gasteiger partial charge in [0.05, 0.1) is 0 Å². The average Bonchev–Trinajstić information content (AvgIpc) is 2.84. The minimum absolute atomic E-state index is 0.195. The van der Waals surface area contributed by atoms with E-state index in [0.29, 0.717) is 5.56 Å². The molecule has 0 aliphatic carbocycles. The second-order valence-electron chi connectivity index (χ2n) is 14.2. The lowest BCUT2D eigenvalue weighted by Crippen LogP contribution is -2.59. The zero-order valence-corrected chi connectivity index (χ0v) is 28.5. The van der Waals surface area contributed by atoms with Crippen LogP contribution in [0.1, 0.15) is 97.5 Å². The van der Waals surface area contributed by atoms with Crippen molar-refractivity contribution >= 4 is 23.9 Å². The van der Waals surface area contributed by atoms with Crippen molar-refractivity contribution in [1.29, 1.82) is 0 Å². The molecule has 0 spiro atoms. The maximum atomic E-state index is 14.5. The molecule has 2 aromatic carbocycles. The van der Waals surface area contributed by atoms with Crippen molar-refractivity contribution in [1.82, 2.24) is 15.5 Å². The van der Waals surface area contributed by atoms with Crippen molar-refractivity contribution in [2.75, 3.05) is 0 Å². The van der Waals surface area contributed by atoms with Crippen molar-refractivity contribution in [3.8, 4) is 0 Å². The second-order valence-corrected chi connectivity index (χ2v) is 14.2. The van der Waals surface area contributed by atoms with Gasteiger partial charge >= 0.3 is 12.1 Å².